The highest BCUT2D eigenvalue weighted by molar-refractivity contribution is 6.01. The standard InChI is InChI=1S/C21H22N2O4/c24-19(14-23-18-9-5-4-8-16(18)10-11-20(23)25)22-13-17(21(26)27)12-15-6-2-1-3-7-15/h1-9,17H,10-14H2,(H,22,24)(H,26,27). The molecule has 1 heterocycles. The van der Waals surface area contributed by atoms with Gasteiger partial charge in [-0.2, -0.15) is 0 Å². The van der Waals surface area contributed by atoms with Gasteiger partial charge in [0.1, 0.15) is 6.54 Å². The van der Waals surface area contributed by atoms with Crippen molar-refractivity contribution in [2.75, 3.05) is 18.0 Å². The number of benzene rings is 2. The number of carbonyl (C=O) groups is 3. The molecular weight excluding hydrogens is 344 g/mol. The van der Waals surface area contributed by atoms with Gasteiger partial charge in [-0.05, 0) is 30.0 Å². The fourth-order valence-electron chi connectivity index (χ4n) is 3.25. The number of carboxylic acid groups (broad SMARTS) is 1. The molecule has 27 heavy (non-hydrogen) atoms. The SMILES string of the molecule is O=C(CN1C(=O)CCc2ccccc21)NCC(Cc1ccccc1)C(=O)O. The molecule has 6 nitrogen and oxygen atoms in total. The smallest absolute Gasteiger partial charge is 0.308 e. The van der Waals surface area contributed by atoms with Gasteiger partial charge in [0.05, 0.1) is 5.92 Å². The lowest BCUT2D eigenvalue weighted by molar-refractivity contribution is -0.141. The summed E-state index contributed by atoms with van der Waals surface area (Å²) in [5.74, 6) is -2.14. The Morgan fingerprint density at radius 2 is 1.74 bits per heavy atom. The number of anilines is 1. The van der Waals surface area contributed by atoms with Crippen LogP contribution < -0.4 is 10.2 Å². The highest BCUT2D eigenvalue weighted by Crippen LogP contribution is 2.27. The van der Waals surface area contributed by atoms with E-state index in [2.05, 4.69) is 5.32 Å². The molecule has 0 aliphatic carbocycles. The quantitative estimate of drug-likeness (QED) is 0.785. The van der Waals surface area contributed by atoms with Crippen molar-refractivity contribution in [1.29, 1.82) is 0 Å². The van der Waals surface area contributed by atoms with Gasteiger partial charge in [0.2, 0.25) is 11.8 Å². The van der Waals surface area contributed by atoms with Crippen LogP contribution in [0.1, 0.15) is 17.5 Å². The maximum atomic E-state index is 12.3. The molecule has 0 bridgehead atoms. The van der Waals surface area contributed by atoms with Crippen molar-refractivity contribution in [2.24, 2.45) is 5.92 Å². The molecule has 2 amide bonds. The van der Waals surface area contributed by atoms with Crippen molar-refractivity contribution in [3.63, 3.8) is 0 Å². The first-order valence-electron chi connectivity index (χ1n) is 8.96. The van der Waals surface area contributed by atoms with E-state index in [0.717, 1.165) is 16.8 Å². The summed E-state index contributed by atoms with van der Waals surface area (Å²) < 4.78 is 0. The van der Waals surface area contributed by atoms with Gasteiger partial charge in [0, 0.05) is 18.7 Å². The molecule has 0 saturated carbocycles. The van der Waals surface area contributed by atoms with E-state index in [1.165, 1.54) is 4.90 Å². The van der Waals surface area contributed by atoms with E-state index in [1.807, 2.05) is 54.6 Å². The molecular formula is C21H22N2O4. The Balaban J connectivity index is 1.60. The number of aryl methyl sites for hydroxylation is 1. The zero-order valence-corrected chi connectivity index (χ0v) is 14.9. The molecule has 0 saturated heterocycles. The van der Waals surface area contributed by atoms with Crippen LogP contribution in [0.4, 0.5) is 5.69 Å². The number of hydrogen-bond donors (Lipinski definition) is 2. The molecule has 0 fully saturated rings. The second-order valence-corrected chi connectivity index (χ2v) is 6.64. The number of rotatable bonds is 7. The largest absolute Gasteiger partial charge is 0.481 e. The average Bonchev–Trinajstić information content (AvgIpc) is 2.68. The third kappa shape index (κ3) is 4.73. The van der Waals surface area contributed by atoms with E-state index < -0.39 is 11.9 Å². The molecule has 0 radical (unpaired) electrons. The van der Waals surface area contributed by atoms with Gasteiger partial charge < -0.3 is 15.3 Å². The van der Waals surface area contributed by atoms with E-state index in [-0.39, 0.29) is 24.9 Å². The molecule has 140 valence electrons. The molecule has 0 spiro atoms. The van der Waals surface area contributed by atoms with Gasteiger partial charge >= 0.3 is 5.97 Å². The Kier molecular flexibility index (Phi) is 5.86. The fourth-order valence-corrected chi connectivity index (χ4v) is 3.25. The van der Waals surface area contributed by atoms with Crippen molar-refractivity contribution in [3.05, 3.63) is 65.7 Å². The van der Waals surface area contributed by atoms with Gasteiger partial charge in [-0.25, -0.2) is 0 Å². The number of carbonyl (C=O) groups excluding carboxylic acids is 2. The van der Waals surface area contributed by atoms with E-state index in [0.29, 0.717) is 19.3 Å². The lowest BCUT2D eigenvalue weighted by atomic mass is 9.99. The van der Waals surface area contributed by atoms with E-state index in [9.17, 15) is 19.5 Å². The molecule has 2 aromatic rings. The summed E-state index contributed by atoms with van der Waals surface area (Å²) >= 11 is 0. The van der Waals surface area contributed by atoms with Crippen LogP contribution in [-0.4, -0.2) is 36.0 Å². The van der Waals surface area contributed by atoms with Gasteiger partial charge in [-0.15, -0.1) is 0 Å². The van der Waals surface area contributed by atoms with Crippen LogP contribution in [0, 0.1) is 5.92 Å². The van der Waals surface area contributed by atoms with Crippen molar-refractivity contribution in [3.8, 4) is 0 Å². The maximum Gasteiger partial charge on any atom is 0.308 e. The minimum atomic E-state index is -0.960. The molecule has 1 aliphatic rings. The normalized spacial score (nSPS) is 14.4. The van der Waals surface area contributed by atoms with Crippen LogP contribution in [0.3, 0.4) is 0 Å². The lowest BCUT2D eigenvalue weighted by Crippen LogP contribution is -2.44. The van der Waals surface area contributed by atoms with E-state index >= 15 is 0 Å². The van der Waals surface area contributed by atoms with Crippen LogP contribution >= 0.6 is 0 Å². The summed E-state index contributed by atoms with van der Waals surface area (Å²) in [4.78, 5) is 37.6. The zero-order valence-electron chi connectivity index (χ0n) is 14.9. The third-order valence-corrected chi connectivity index (χ3v) is 4.71. The highest BCUT2D eigenvalue weighted by Gasteiger charge is 2.26. The molecule has 0 aromatic heterocycles. The highest BCUT2D eigenvalue weighted by atomic mass is 16.4. The Morgan fingerprint density at radius 1 is 1.04 bits per heavy atom. The molecule has 3 rings (SSSR count). The summed E-state index contributed by atoms with van der Waals surface area (Å²) in [5.41, 5.74) is 2.69. The molecule has 1 atom stereocenters. The monoisotopic (exact) mass is 366 g/mol. The molecule has 1 aliphatic heterocycles. The summed E-state index contributed by atoms with van der Waals surface area (Å²) in [6, 6.07) is 16.8. The minimum Gasteiger partial charge on any atom is -0.481 e. The molecule has 2 aromatic carbocycles. The lowest BCUT2D eigenvalue weighted by Gasteiger charge is -2.29. The van der Waals surface area contributed by atoms with Crippen molar-refractivity contribution in [1.82, 2.24) is 5.32 Å². The van der Waals surface area contributed by atoms with Gasteiger partial charge in [0.25, 0.3) is 0 Å². The van der Waals surface area contributed by atoms with Crippen LogP contribution in [0.2, 0.25) is 0 Å². The molecule has 2 N–H and O–H groups in total. The molecule has 1 unspecified atom stereocenters. The van der Waals surface area contributed by atoms with Gasteiger partial charge in [-0.1, -0.05) is 48.5 Å². The summed E-state index contributed by atoms with van der Waals surface area (Å²) in [7, 11) is 0. The summed E-state index contributed by atoms with van der Waals surface area (Å²) in [6.07, 6.45) is 1.38. The average molecular weight is 366 g/mol. The number of nitrogens with one attached hydrogen (secondary N) is 1. The van der Waals surface area contributed by atoms with Gasteiger partial charge in [0.15, 0.2) is 0 Å². The first-order chi connectivity index (χ1) is 13.0. The second-order valence-electron chi connectivity index (χ2n) is 6.64. The minimum absolute atomic E-state index is 0.0206. The Morgan fingerprint density at radius 3 is 2.48 bits per heavy atom. The zero-order chi connectivity index (χ0) is 19.2. The predicted octanol–water partition coefficient (Wildman–Crippen LogP) is 2.03. The van der Waals surface area contributed by atoms with Gasteiger partial charge in [-0.3, -0.25) is 14.4 Å². The number of hydrogen-bond acceptors (Lipinski definition) is 3. The summed E-state index contributed by atoms with van der Waals surface area (Å²) in [6.45, 7) is -0.0831. The third-order valence-electron chi connectivity index (χ3n) is 4.71. The number of carboxylic acids is 1. The number of aliphatic carboxylic acids is 1. The second kappa shape index (κ2) is 8.49. The maximum absolute atomic E-state index is 12.3. The first-order valence-corrected chi connectivity index (χ1v) is 8.96. The Labute approximate surface area is 157 Å². The Bertz CT molecular complexity index is 835. The number of fused-ring (bicyclic) bond motifs is 1. The summed E-state index contributed by atoms with van der Waals surface area (Å²) in [5, 5.41) is 12.1. The van der Waals surface area contributed by atoms with Crippen LogP contribution in [0.15, 0.2) is 54.6 Å². The number of para-hydroxylation sites is 1. The Hall–Kier alpha value is -3.15. The fraction of sp³-hybridized carbons (Fsp3) is 0.286. The molecule has 6 heteroatoms. The first kappa shape index (κ1) is 18.6. The van der Waals surface area contributed by atoms with E-state index in [1.54, 1.807) is 0 Å². The van der Waals surface area contributed by atoms with E-state index in [4.69, 9.17) is 0 Å². The van der Waals surface area contributed by atoms with Crippen molar-refractivity contribution in [2.45, 2.75) is 19.3 Å². The van der Waals surface area contributed by atoms with Crippen molar-refractivity contribution >= 4 is 23.5 Å². The van der Waals surface area contributed by atoms with Crippen LogP contribution in [0.5, 0.6) is 0 Å². The topological polar surface area (TPSA) is 86.7 Å². The number of nitrogens with zero attached hydrogens (tertiary/aromatic N) is 1. The number of amides is 2. The van der Waals surface area contributed by atoms with Crippen LogP contribution in [0.25, 0.3) is 0 Å². The van der Waals surface area contributed by atoms with Crippen molar-refractivity contribution < 1.29 is 19.5 Å². The van der Waals surface area contributed by atoms with Crippen LogP contribution in [-0.2, 0) is 27.2 Å². The predicted molar refractivity (Wildman–Crippen MR) is 101 cm³/mol.